The molecule has 106 valence electrons. The van der Waals surface area contributed by atoms with Crippen LogP contribution >= 0.6 is 0 Å². The highest BCUT2D eigenvalue weighted by atomic mass is 16.5. The lowest BCUT2D eigenvalue weighted by molar-refractivity contribution is 0.0850. The molecule has 0 radical (unpaired) electrons. The summed E-state index contributed by atoms with van der Waals surface area (Å²) in [6, 6.07) is 1.34. The summed E-state index contributed by atoms with van der Waals surface area (Å²) in [5.41, 5.74) is 0. The molecule has 0 aromatic rings. The van der Waals surface area contributed by atoms with Crippen LogP contribution in [0.4, 0.5) is 0 Å². The van der Waals surface area contributed by atoms with Gasteiger partial charge >= 0.3 is 0 Å². The van der Waals surface area contributed by atoms with Crippen LogP contribution in [-0.4, -0.2) is 49.3 Å². The molecule has 1 fully saturated rings. The summed E-state index contributed by atoms with van der Waals surface area (Å²) in [5.74, 6) is 0. The zero-order valence-electron chi connectivity index (χ0n) is 12.3. The lowest BCUT2D eigenvalue weighted by Crippen LogP contribution is -2.37. The van der Waals surface area contributed by atoms with Gasteiger partial charge in [-0.2, -0.15) is 0 Å². The largest absolute Gasteiger partial charge is 0.373 e. The molecule has 1 saturated heterocycles. The molecule has 2 atom stereocenters. The molecule has 0 aromatic heterocycles. The first kappa shape index (κ1) is 15.7. The van der Waals surface area contributed by atoms with Crippen LogP contribution < -0.4 is 5.32 Å². The van der Waals surface area contributed by atoms with Crippen molar-refractivity contribution in [1.82, 2.24) is 10.2 Å². The Morgan fingerprint density at radius 3 is 2.78 bits per heavy atom. The number of ether oxygens (including phenoxy) is 1. The van der Waals surface area contributed by atoms with Crippen molar-refractivity contribution in [3.63, 3.8) is 0 Å². The highest BCUT2D eigenvalue weighted by molar-refractivity contribution is 4.77. The molecule has 18 heavy (non-hydrogen) atoms. The van der Waals surface area contributed by atoms with Gasteiger partial charge in [-0.3, -0.25) is 0 Å². The summed E-state index contributed by atoms with van der Waals surface area (Å²) in [6.45, 7) is 14.4. The van der Waals surface area contributed by atoms with Gasteiger partial charge in [0.05, 0.1) is 12.7 Å². The molecule has 0 bridgehead atoms. The molecule has 1 heterocycles. The van der Waals surface area contributed by atoms with Crippen LogP contribution in [0.5, 0.6) is 0 Å². The van der Waals surface area contributed by atoms with Gasteiger partial charge in [-0.25, -0.2) is 0 Å². The van der Waals surface area contributed by atoms with E-state index >= 15 is 0 Å². The van der Waals surface area contributed by atoms with Crippen LogP contribution in [0.1, 0.15) is 40.0 Å². The number of likely N-dealkylation sites (tertiary alicyclic amines) is 1. The molecule has 0 amide bonds. The summed E-state index contributed by atoms with van der Waals surface area (Å²) >= 11 is 0. The minimum Gasteiger partial charge on any atom is -0.373 e. The fraction of sp³-hybridized carbons (Fsp3) is 0.867. The third-order valence-corrected chi connectivity index (χ3v) is 3.69. The van der Waals surface area contributed by atoms with Crippen molar-refractivity contribution >= 4 is 0 Å². The lowest BCUT2D eigenvalue weighted by atomic mass is 10.1. The van der Waals surface area contributed by atoms with E-state index in [-0.39, 0.29) is 6.10 Å². The van der Waals surface area contributed by atoms with E-state index in [9.17, 15) is 0 Å². The summed E-state index contributed by atoms with van der Waals surface area (Å²) < 4.78 is 5.58. The number of hydrogen-bond donors (Lipinski definition) is 1. The summed E-state index contributed by atoms with van der Waals surface area (Å²) in [6.07, 6.45) is 5.93. The summed E-state index contributed by atoms with van der Waals surface area (Å²) in [4.78, 5) is 2.58. The third kappa shape index (κ3) is 5.98. The molecular formula is C15H30N2O. The maximum Gasteiger partial charge on any atom is 0.0675 e. The Hall–Kier alpha value is -0.380. The molecule has 0 aliphatic carbocycles. The van der Waals surface area contributed by atoms with E-state index in [1.54, 1.807) is 0 Å². The molecule has 1 N–H and O–H groups in total. The lowest BCUT2D eigenvalue weighted by Gasteiger charge is -2.24. The maximum absolute atomic E-state index is 5.58. The Kier molecular flexibility index (Phi) is 7.56. The minimum atomic E-state index is 0.271. The van der Waals surface area contributed by atoms with Crippen molar-refractivity contribution < 1.29 is 4.74 Å². The fourth-order valence-corrected chi connectivity index (χ4v) is 2.46. The van der Waals surface area contributed by atoms with Gasteiger partial charge < -0.3 is 15.0 Å². The highest BCUT2D eigenvalue weighted by Gasteiger charge is 2.18. The zero-order chi connectivity index (χ0) is 13.4. The Balaban J connectivity index is 2.20. The monoisotopic (exact) mass is 254 g/mol. The Bertz CT molecular complexity index is 231. The van der Waals surface area contributed by atoms with E-state index in [1.165, 1.54) is 32.4 Å². The molecule has 3 nitrogen and oxygen atoms in total. The van der Waals surface area contributed by atoms with Crippen LogP contribution in [0.3, 0.4) is 0 Å². The van der Waals surface area contributed by atoms with Gasteiger partial charge in [-0.1, -0.05) is 6.08 Å². The second-order valence-corrected chi connectivity index (χ2v) is 5.60. The molecule has 0 aromatic carbocycles. The summed E-state index contributed by atoms with van der Waals surface area (Å²) in [7, 11) is 0. The zero-order valence-corrected chi connectivity index (χ0v) is 12.3. The van der Waals surface area contributed by atoms with E-state index < -0.39 is 0 Å². The van der Waals surface area contributed by atoms with E-state index in [4.69, 9.17) is 4.74 Å². The molecule has 1 aliphatic heterocycles. The highest BCUT2D eigenvalue weighted by Crippen LogP contribution is 2.13. The van der Waals surface area contributed by atoms with Crippen molar-refractivity contribution in [3.8, 4) is 0 Å². The van der Waals surface area contributed by atoms with Gasteiger partial charge in [0.1, 0.15) is 0 Å². The number of hydrogen-bond acceptors (Lipinski definition) is 3. The van der Waals surface area contributed by atoms with Crippen LogP contribution in [0, 0.1) is 0 Å². The topological polar surface area (TPSA) is 24.5 Å². The number of nitrogens with one attached hydrogen (secondary N) is 1. The predicted octanol–water partition coefficient (Wildman–Crippen LogP) is 2.43. The number of rotatable bonds is 7. The molecule has 1 rings (SSSR count). The quantitative estimate of drug-likeness (QED) is 0.706. The predicted molar refractivity (Wildman–Crippen MR) is 78.0 cm³/mol. The van der Waals surface area contributed by atoms with Gasteiger partial charge in [0.15, 0.2) is 0 Å². The van der Waals surface area contributed by atoms with Crippen molar-refractivity contribution in [2.75, 3.05) is 26.2 Å². The molecule has 1 aliphatic rings. The fourth-order valence-electron chi connectivity index (χ4n) is 2.46. The van der Waals surface area contributed by atoms with Crippen LogP contribution in [0.15, 0.2) is 12.7 Å². The van der Waals surface area contributed by atoms with Gasteiger partial charge in [0.2, 0.25) is 0 Å². The summed E-state index contributed by atoms with van der Waals surface area (Å²) in [5, 5.41) is 3.64. The first-order chi connectivity index (χ1) is 8.63. The van der Waals surface area contributed by atoms with Crippen molar-refractivity contribution in [2.24, 2.45) is 0 Å². The Morgan fingerprint density at radius 2 is 2.11 bits per heavy atom. The number of nitrogens with zero attached hydrogens (tertiary/aromatic N) is 1. The van der Waals surface area contributed by atoms with Gasteiger partial charge in [-0.15, -0.1) is 6.58 Å². The van der Waals surface area contributed by atoms with Crippen molar-refractivity contribution in [3.05, 3.63) is 12.7 Å². The van der Waals surface area contributed by atoms with E-state index in [1.807, 2.05) is 6.08 Å². The van der Waals surface area contributed by atoms with Crippen LogP contribution in [0.25, 0.3) is 0 Å². The maximum atomic E-state index is 5.58. The molecular weight excluding hydrogens is 224 g/mol. The Labute approximate surface area is 113 Å². The Morgan fingerprint density at radius 1 is 1.33 bits per heavy atom. The second kappa shape index (κ2) is 8.68. The van der Waals surface area contributed by atoms with Crippen LogP contribution in [0.2, 0.25) is 0 Å². The normalized spacial score (nSPS) is 23.9. The van der Waals surface area contributed by atoms with Gasteiger partial charge in [-0.05, 0) is 53.1 Å². The second-order valence-electron chi connectivity index (χ2n) is 5.60. The first-order valence-electron chi connectivity index (χ1n) is 7.33. The van der Waals surface area contributed by atoms with Crippen molar-refractivity contribution in [2.45, 2.75) is 58.2 Å². The smallest absolute Gasteiger partial charge is 0.0675 e. The van der Waals surface area contributed by atoms with E-state index in [0.29, 0.717) is 18.7 Å². The van der Waals surface area contributed by atoms with E-state index in [2.05, 4.69) is 37.6 Å². The van der Waals surface area contributed by atoms with Crippen molar-refractivity contribution in [1.29, 1.82) is 0 Å². The SMILES string of the molecule is C=CCOC(C)CNC1CCCN(C(C)C)CC1. The van der Waals surface area contributed by atoms with Gasteiger partial charge in [0, 0.05) is 18.6 Å². The molecule has 3 heteroatoms. The average Bonchev–Trinajstić information content (AvgIpc) is 2.59. The third-order valence-electron chi connectivity index (χ3n) is 3.69. The van der Waals surface area contributed by atoms with E-state index in [0.717, 1.165) is 6.54 Å². The minimum absolute atomic E-state index is 0.271. The molecule has 0 spiro atoms. The van der Waals surface area contributed by atoms with Gasteiger partial charge in [0.25, 0.3) is 0 Å². The molecule has 0 saturated carbocycles. The first-order valence-corrected chi connectivity index (χ1v) is 7.33. The molecule has 2 unspecified atom stereocenters. The standard InChI is InChI=1S/C15H30N2O/c1-5-11-18-14(4)12-16-15-7-6-9-17(10-8-15)13(2)3/h5,13-16H,1,6-12H2,2-4H3. The average molecular weight is 254 g/mol. The van der Waals surface area contributed by atoms with Crippen LogP contribution in [-0.2, 0) is 4.74 Å².